The number of carbonyl (C=O) groups is 4. The number of hydrogen-bond acceptors (Lipinski definition) is 6. The number of amides is 1. The molecule has 0 saturated heterocycles. The topological polar surface area (TPSA) is 113 Å². The summed E-state index contributed by atoms with van der Waals surface area (Å²) in [5.74, 6) is 1.25. The van der Waals surface area contributed by atoms with Gasteiger partial charge in [0, 0.05) is 43.3 Å². The minimum absolute atomic E-state index is 0.00736. The molecule has 5 aliphatic rings. The summed E-state index contributed by atoms with van der Waals surface area (Å²) in [5, 5.41) is 12.6. The van der Waals surface area contributed by atoms with Gasteiger partial charge >= 0.3 is 11.9 Å². The van der Waals surface area contributed by atoms with E-state index >= 15 is 0 Å². The van der Waals surface area contributed by atoms with Crippen molar-refractivity contribution in [1.29, 1.82) is 0 Å². The largest absolute Gasteiger partial charge is 0.481 e. The monoisotopic (exact) mass is 711 g/mol. The van der Waals surface area contributed by atoms with Gasteiger partial charge in [-0.15, -0.1) is 0 Å². The Kier molecular flexibility index (Phi) is 11.1. The molecule has 8 heteroatoms. The summed E-state index contributed by atoms with van der Waals surface area (Å²) in [7, 11) is 0. The molecule has 0 aliphatic heterocycles. The number of nitrogens with one attached hydrogen (secondary N) is 1. The number of ketones is 1. The molecule has 288 valence electrons. The van der Waals surface area contributed by atoms with Crippen molar-refractivity contribution in [2.75, 3.05) is 19.6 Å². The molecule has 5 rings (SSSR count). The average molecular weight is 711 g/mol. The van der Waals surface area contributed by atoms with Crippen molar-refractivity contribution in [3.05, 3.63) is 11.1 Å². The number of carbonyl (C=O) groups excluding carboxylic acids is 3. The van der Waals surface area contributed by atoms with Gasteiger partial charge in [0.15, 0.2) is 5.78 Å². The van der Waals surface area contributed by atoms with Crippen molar-refractivity contribution in [3.63, 3.8) is 0 Å². The van der Waals surface area contributed by atoms with Crippen LogP contribution in [0.2, 0.25) is 0 Å². The molecule has 0 bridgehead atoms. The van der Waals surface area contributed by atoms with Gasteiger partial charge in [-0.3, -0.25) is 24.1 Å². The standard InChI is InChI=1S/C43H70N2O6/c1-26(2)36-31(47)24-43(20-22-45(27(3)4)23-21-44-28(5)46)19-14-30-29(37(36)43)12-13-33-41(30,10)17-15-32-40(8,9)34(16-18-42(32,33)11)51-35(48)25-39(6,7)38(49)50/h26-27,29-30,32-34H,12-25H2,1-11H3,(H,44,46)(H,49,50). The quantitative estimate of drug-likeness (QED) is 0.196. The van der Waals surface area contributed by atoms with Crippen LogP contribution in [0, 0.1) is 56.7 Å². The molecule has 0 aromatic heterocycles. The maximum absolute atomic E-state index is 14.0. The van der Waals surface area contributed by atoms with Crippen LogP contribution in [0.3, 0.4) is 0 Å². The fraction of sp³-hybridized carbons (Fsp3) is 0.860. The van der Waals surface area contributed by atoms with Crippen LogP contribution in [0.1, 0.15) is 147 Å². The first-order chi connectivity index (χ1) is 23.6. The summed E-state index contributed by atoms with van der Waals surface area (Å²) in [5.41, 5.74) is 1.60. The Morgan fingerprint density at radius 2 is 1.59 bits per heavy atom. The number of allylic oxidation sites excluding steroid dienone is 2. The number of fused-ring (bicyclic) bond motifs is 7. The van der Waals surface area contributed by atoms with E-state index in [0.29, 0.717) is 48.5 Å². The van der Waals surface area contributed by atoms with Gasteiger partial charge in [-0.05, 0) is 138 Å². The van der Waals surface area contributed by atoms with Gasteiger partial charge in [-0.25, -0.2) is 0 Å². The zero-order valence-electron chi connectivity index (χ0n) is 33.9. The second-order valence-electron chi connectivity index (χ2n) is 19.9. The van der Waals surface area contributed by atoms with Gasteiger partial charge in [0.05, 0.1) is 11.8 Å². The van der Waals surface area contributed by atoms with E-state index < -0.39 is 17.4 Å². The molecule has 5 aliphatic carbocycles. The number of carboxylic acid groups (broad SMARTS) is 1. The molecular formula is C43H70N2O6. The first kappa shape index (κ1) is 40.0. The highest BCUT2D eigenvalue weighted by atomic mass is 16.5. The van der Waals surface area contributed by atoms with Gasteiger partial charge < -0.3 is 15.2 Å². The van der Waals surface area contributed by atoms with Crippen molar-refractivity contribution in [1.82, 2.24) is 10.2 Å². The van der Waals surface area contributed by atoms with Gasteiger partial charge in [-0.2, -0.15) is 0 Å². The highest BCUT2D eigenvalue weighted by Crippen LogP contribution is 2.73. The lowest BCUT2D eigenvalue weighted by molar-refractivity contribution is -0.214. The summed E-state index contributed by atoms with van der Waals surface area (Å²) in [6.45, 7) is 25.8. The van der Waals surface area contributed by atoms with Crippen LogP contribution in [-0.4, -0.2) is 65.4 Å². The molecule has 4 fully saturated rings. The van der Waals surface area contributed by atoms with E-state index in [4.69, 9.17) is 4.74 Å². The zero-order valence-corrected chi connectivity index (χ0v) is 33.9. The van der Waals surface area contributed by atoms with Crippen molar-refractivity contribution in [2.45, 2.75) is 159 Å². The molecule has 8 nitrogen and oxygen atoms in total. The lowest BCUT2D eigenvalue weighted by Gasteiger charge is -2.69. The van der Waals surface area contributed by atoms with E-state index in [2.05, 4.69) is 65.6 Å². The number of hydrogen-bond donors (Lipinski definition) is 2. The normalized spacial score (nSPS) is 36.0. The maximum Gasteiger partial charge on any atom is 0.309 e. The second kappa shape index (κ2) is 14.2. The summed E-state index contributed by atoms with van der Waals surface area (Å²) >= 11 is 0. The van der Waals surface area contributed by atoms with Crippen LogP contribution < -0.4 is 5.32 Å². The molecule has 4 saturated carbocycles. The Morgan fingerprint density at radius 1 is 0.922 bits per heavy atom. The number of Topliss-reactive ketones (excluding diaryl/α,β-unsaturated/α-hetero) is 1. The van der Waals surface area contributed by atoms with Crippen LogP contribution in [0.5, 0.6) is 0 Å². The van der Waals surface area contributed by atoms with Crippen LogP contribution in [0.15, 0.2) is 11.1 Å². The molecule has 8 atom stereocenters. The van der Waals surface area contributed by atoms with Crippen LogP contribution in [0.4, 0.5) is 0 Å². The number of rotatable bonds is 12. The predicted octanol–water partition coefficient (Wildman–Crippen LogP) is 8.23. The molecular weight excluding hydrogens is 640 g/mol. The summed E-state index contributed by atoms with van der Waals surface area (Å²) in [4.78, 5) is 52.8. The molecule has 0 aromatic rings. The number of nitrogens with zero attached hydrogens (tertiary/aromatic N) is 1. The van der Waals surface area contributed by atoms with Gasteiger partial charge in [0.1, 0.15) is 6.10 Å². The average Bonchev–Trinajstić information content (AvgIpc) is 3.32. The summed E-state index contributed by atoms with van der Waals surface area (Å²) in [6, 6.07) is 0.366. The molecule has 0 heterocycles. The van der Waals surface area contributed by atoms with E-state index in [0.717, 1.165) is 63.6 Å². The molecule has 2 N–H and O–H groups in total. The number of esters is 1. The maximum atomic E-state index is 14.0. The van der Waals surface area contributed by atoms with E-state index in [1.807, 2.05) is 0 Å². The Hall–Kier alpha value is -2.22. The van der Waals surface area contributed by atoms with E-state index in [1.165, 1.54) is 18.4 Å². The third kappa shape index (κ3) is 7.10. The lowest BCUT2D eigenvalue weighted by atomic mass is 9.36. The van der Waals surface area contributed by atoms with Crippen molar-refractivity contribution < 1.29 is 29.0 Å². The first-order valence-corrected chi connectivity index (χ1v) is 20.3. The van der Waals surface area contributed by atoms with E-state index in [9.17, 15) is 24.3 Å². The first-order valence-electron chi connectivity index (χ1n) is 20.3. The molecule has 51 heavy (non-hydrogen) atoms. The van der Waals surface area contributed by atoms with Gasteiger partial charge in [0.2, 0.25) is 5.91 Å². The highest BCUT2D eigenvalue weighted by Gasteiger charge is 2.66. The number of carboxylic acids is 1. The third-order valence-electron chi connectivity index (χ3n) is 15.5. The Morgan fingerprint density at radius 3 is 2.20 bits per heavy atom. The predicted molar refractivity (Wildman–Crippen MR) is 201 cm³/mol. The third-order valence-corrected chi connectivity index (χ3v) is 15.5. The Balaban J connectivity index is 1.38. The van der Waals surface area contributed by atoms with E-state index in [-0.39, 0.29) is 46.0 Å². The van der Waals surface area contributed by atoms with Crippen molar-refractivity contribution in [3.8, 4) is 0 Å². The van der Waals surface area contributed by atoms with Crippen molar-refractivity contribution >= 4 is 23.6 Å². The van der Waals surface area contributed by atoms with Crippen LogP contribution in [0.25, 0.3) is 0 Å². The van der Waals surface area contributed by atoms with Crippen LogP contribution >= 0.6 is 0 Å². The number of aliphatic carboxylic acids is 1. The fourth-order valence-corrected chi connectivity index (χ4v) is 12.9. The van der Waals surface area contributed by atoms with Gasteiger partial charge in [-0.1, -0.05) is 47.1 Å². The van der Waals surface area contributed by atoms with Crippen LogP contribution in [-0.2, 0) is 23.9 Å². The summed E-state index contributed by atoms with van der Waals surface area (Å²) in [6.07, 6.45) is 10.0. The number of ether oxygens (including phenoxy) is 1. The highest BCUT2D eigenvalue weighted by molar-refractivity contribution is 6.00. The molecule has 0 aromatic carbocycles. The molecule has 1 amide bonds. The SMILES string of the molecule is CC(=O)NCCN(CCC12CCC3C(CCC4C3(C)CCC3C(C)(C)C(OC(=O)CC(C)(C)C(=O)O)CCC34C)C1=C(C(C)C)C(=O)C2)C(C)C. The molecule has 0 radical (unpaired) electrons. The Labute approximate surface area is 308 Å². The summed E-state index contributed by atoms with van der Waals surface area (Å²) < 4.78 is 6.16. The van der Waals surface area contributed by atoms with Gasteiger partial charge in [0.25, 0.3) is 0 Å². The van der Waals surface area contributed by atoms with Crippen molar-refractivity contribution in [2.24, 2.45) is 56.7 Å². The minimum Gasteiger partial charge on any atom is -0.481 e. The minimum atomic E-state index is -1.15. The fourth-order valence-electron chi connectivity index (χ4n) is 12.9. The molecule has 0 spiro atoms. The smallest absolute Gasteiger partial charge is 0.309 e. The molecule has 8 unspecified atom stereocenters. The van der Waals surface area contributed by atoms with E-state index in [1.54, 1.807) is 20.8 Å². The zero-order chi connectivity index (χ0) is 37.9. The lowest BCUT2D eigenvalue weighted by Crippen LogP contribution is -2.63. The second-order valence-corrected chi connectivity index (χ2v) is 19.9. The Bertz CT molecular complexity index is 1410.